The van der Waals surface area contributed by atoms with Gasteiger partial charge >= 0.3 is 0 Å². The van der Waals surface area contributed by atoms with Crippen LogP contribution in [-0.2, 0) is 0 Å². The Morgan fingerprint density at radius 3 is 2.56 bits per heavy atom. The van der Waals surface area contributed by atoms with E-state index in [-0.39, 0.29) is 5.69 Å². The van der Waals surface area contributed by atoms with Gasteiger partial charge in [0.05, 0.1) is 10.3 Å². The molecule has 0 radical (unpaired) electrons. The molecule has 0 saturated heterocycles. The molecule has 0 amide bonds. The third-order valence-corrected chi connectivity index (χ3v) is 2.42. The second-order valence-electron chi connectivity index (χ2n) is 2.88. The van der Waals surface area contributed by atoms with Gasteiger partial charge in [-0.3, -0.25) is 10.1 Å². The molecule has 2 N–H and O–H groups in total. The fraction of sp³-hybridized carbons (Fsp3) is 0. The lowest BCUT2D eigenvalue weighted by atomic mass is 10.3. The van der Waals surface area contributed by atoms with Gasteiger partial charge in [0.2, 0.25) is 5.88 Å². The van der Waals surface area contributed by atoms with Crippen molar-refractivity contribution in [3.8, 4) is 11.6 Å². The van der Waals surface area contributed by atoms with Crippen LogP contribution in [0.15, 0.2) is 29.6 Å². The number of ether oxygens (including phenoxy) is 1. The number of thiazole rings is 1. The van der Waals surface area contributed by atoms with Crippen molar-refractivity contribution in [2.75, 3.05) is 5.73 Å². The standard InChI is InChI=1S/C9H7N3O3S/c10-9-11-8(5-16-9)15-7-3-1-6(2-4-7)12(13)14/h1-5H,(H2,10,11). The number of nitrogen functional groups attached to an aromatic ring is 1. The number of nitrogens with two attached hydrogens (primary N) is 1. The van der Waals surface area contributed by atoms with Crippen LogP contribution < -0.4 is 10.5 Å². The van der Waals surface area contributed by atoms with E-state index in [1.54, 1.807) is 5.38 Å². The van der Waals surface area contributed by atoms with Crippen LogP contribution in [0.5, 0.6) is 11.6 Å². The van der Waals surface area contributed by atoms with Crippen molar-refractivity contribution >= 4 is 22.2 Å². The first-order valence-corrected chi connectivity index (χ1v) is 5.16. The normalized spacial score (nSPS) is 10.0. The van der Waals surface area contributed by atoms with Crippen molar-refractivity contribution < 1.29 is 9.66 Å². The van der Waals surface area contributed by atoms with Crippen molar-refractivity contribution in [1.82, 2.24) is 4.98 Å². The molecule has 2 aromatic rings. The van der Waals surface area contributed by atoms with Gasteiger partial charge in [0.1, 0.15) is 5.75 Å². The molecule has 1 aromatic heterocycles. The van der Waals surface area contributed by atoms with Crippen LogP contribution in [0.1, 0.15) is 0 Å². The summed E-state index contributed by atoms with van der Waals surface area (Å²) in [4.78, 5) is 13.8. The number of nitro groups is 1. The number of hydrogen-bond acceptors (Lipinski definition) is 6. The van der Waals surface area contributed by atoms with Gasteiger partial charge in [-0.2, -0.15) is 4.98 Å². The summed E-state index contributed by atoms with van der Waals surface area (Å²) in [5, 5.41) is 12.5. The molecule has 0 atom stereocenters. The fourth-order valence-corrected chi connectivity index (χ4v) is 1.54. The highest BCUT2D eigenvalue weighted by Crippen LogP contribution is 2.25. The largest absolute Gasteiger partial charge is 0.438 e. The second kappa shape index (κ2) is 4.15. The van der Waals surface area contributed by atoms with E-state index in [4.69, 9.17) is 10.5 Å². The maximum atomic E-state index is 10.4. The number of nitrogens with zero attached hydrogens (tertiary/aromatic N) is 2. The Hall–Kier alpha value is -2.15. The number of rotatable bonds is 3. The maximum Gasteiger partial charge on any atom is 0.269 e. The summed E-state index contributed by atoms with van der Waals surface area (Å²) >= 11 is 1.27. The Labute approximate surface area is 94.5 Å². The number of anilines is 1. The molecule has 82 valence electrons. The van der Waals surface area contributed by atoms with Crippen LogP contribution in [-0.4, -0.2) is 9.91 Å². The molecule has 2 rings (SSSR count). The van der Waals surface area contributed by atoms with E-state index < -0.39 is 4.92 Å². The monoisotopic (exact) mass is 237 g/mol. The van der Waals surface area contributed by atoms with E-state index in [0.29, 0.717) is 16.8 Å². The smallest absolute Gasteiger partial charge is 0.269 e. The third kappa shape index (κ3) is 2.26. The highest BCUT2D eigenvalue weighted by atomic mass is 32.1. The van der Waals surface area contributed by atoms with Crippen molar-refractivity contribution in [2.45, 2.75) is 0 Å². The first-order chi connectivity index (χ1) is 7.65. The molecule has 6 nitrogen and oxygen atoms in total. The number of aromatic nitrogens is 1. The van der Waals surface area contributed by atoms with Crippen LogP contribution in [0.2, 0.25) is 0 Å². The first-order valence-electron chi connectivity index (χ1n) is 4.28. The predicted octanol–water partition coefficient (Wildman–Crippen LogP) is 2.43. The number of benzene rings is 1. The van der Waals surface area contributed by atoms with E-state index in [9.17, 15) is 10.1 Å². The summed E-state index contributed by atoms with van der Waals surface area (Å²) in [7, 11) is 0. The van der Waals surface area contributed by atoms with Gasteiger partial charge in [0.25, 0.3) is 5.69 Å². The molecule has 0 fully saturated rings. The van der Waals surface area contributed by atoms with Crippen LogP contribution in [0.4, 0.5) is 10.8 Å². The lowest BCUT2D eigenvalue weighted by Gasteiger charge is -2.00. The topological polar surface area (TPSA) is 91.3 Å². The van der Waals surface area contributed by atoms with Crippen molar-refractivity contribution in [1.29, 1.82) is 0 Å². The Bertz CT molecular complexity index is 509. The third-order valence-electron chi connectivity index (χ3n) is 1.77. The predicted molar refractivity (Wildman–Crippen MR) is 59.7 cm³/mol. The SMILES string of the molecule is Nc1nc(Oc2ccc([N+](=O)[O-])cc2)cs1. The van der Waals surface area contributed by atoms with E-state index in [1.807, 2.05) is 0 Å². The average molecular weight is 237 g/mol. The zero-order chi connectivity index (χ0) is 11.5. The zero-order valence-corrected chi connectivity index (χ0v) is 8.81. The van der Waals surface area contributed by atoms with Gasteiger partial charge in [0.15, 0.2) is 5.13 Å². The molecule has 7 heteroatoms. The molecular weight excluding hydrogens is 230 g/mol. The van der Waals surface area contributed by atoms with Crippen LogP contribution in [0, 0.1) is 10.1 Å². The summed E-state index contributed by atoms with van der Waals surface area (Å²) in [5.41, 5.74) is 5.45. The molecule has 1 heterocycles. The molecule has 0 aliphatic heterocycles. The molecule has 0 aliphatic carbocycles. The lowest BCUT2D eigenvalue weighted by Crippen LogP contribution is -1.89. The van der Waals surface area contributed by atoms with Crippen molar-refractivity contribution in [3.63, 3.8) is 0 Å². The van der Waals surface area contributed by atoms with Crippen LogP contribution in [0.25, 0.3) is 0 Å². The van der Waals surface area contributed by atoms with E-state index in [0.717, 1.165) is 0 Å². The molecule has 0 aliphatic rings. The first kappa shape index (κ1) is 10.4. The second-order valence-corrected chi connectivity index (χ2v) is 3.77. The minimum Gasteiger partial charge on any atom is -0.438 e. The molecule has 1 aromatic carbocycles. The summed E-state index contributed by atoms with van der Waals surface area (Å²) in [6.07, 6.45) is 0. The summed E-state index contributed by atoms with van der Waals surface area (Å²) in [6.45, 7) is 0. The highest BCUT2D eigenvalue weighted by molar-refractivity contribution is 7.13. The van der Waals surface area contributed by atoms with Gasteiger partial charge < -0.3 is 10.5 Å². The summed E-state index contributed by atoms with van der Waals surface area (Å²) in [5.74, 6) is 0.868. The lowest BCUT2D eigenvalue weighted by molar-refractivity contribution is -0.384. The Morgan fingerprint density at radius 2 is 2.06 bits per heavy atom. The number of nitro benzene ring substituents is 1. The fourth-order valence-electron chi connectivity index (χ4n) is 1.08. The van der Waals surface area contributed by atoms with Crippen LogP contribution in [0.3, 0.4) is 0 Å². The number of hydrogen-bond donors (Lipinski definition) is 1. The van der Waals surface area contributed by atoms with Gasteiger partial charge in [-0.25, -0.2) is 0 Å². The van der Waals surface area contributed by atoms with E-state index in [2.05, 4.69) is 4.98 Å². The van der Waals surface area contributed by atoms with Gasteiger partial charge in [0, 0.05) is 12.1 Å². The van der Waals surface area contributed by atoms with Crippen molar-refractivity contribution in [3.05, 3.63) is 39.8 Å². The quantitative estimate of drug-likeness (QED) is 0.653. The van der Waals surface area contributed by atoms with Gasteiger partial charge in [-0.15, -0.1) is 11.3 Å². The zero-order valence-electron chi connectivity index (χ0n) is 7.99. The Kier molecular flexibility index (Phi) is 2.69. The maximum absolute atomic E-state index is 10.4. The van der Waals surface area contributed by atoms with E-state index in [1.165, 1.54) is 35.6 Å². The molecular formula is C9H7N3O3S. The van der Waals surface area contributed by atoms with E-state index >= 15 is 0 Å². The molecule has 0 bridgehead atoms. The minimum absolute atomic E-state index is 0.0186. The molecule has 16 heavy (non-hydrogen) atoms. The Morgan fingerprint density at radius 1 is 1.38 bits per heavy atom. The molecule has 0 spiro atoms. The minimum atomic E-state index is -0.468. The number of non-ortho nitro benzene ring substituents is 1. The summed E-state index contributed by atoms with van der Waals surface area (Å²) in [6, 6.07) is 5.75. The molecule has 0 saturated carbocycles. The highest BCUT2D eigenvalue weighted by Gasteiger charge is 2.06. The van der Waals surface area contributed by atoms with Gasteiger partial charge in [-0.1, -0.05) is 0 Å². The van der Waals surface area contributed by atoms with Crippen LogP contribution >= 0.6 is 11.3 Å². The summed E-state index contributed by atoms with van der Waals surface area (Å²) < 4.78 is 5.33. The average Bonchev–Trinajstić information content (AvgIpc) is 2.65. The molecule has 0 unspecified atom stereocenters. The van der Waals surface area contributed by atoms with Gasteiger partial charge in [-0.05, 0) is 12.1 Å². The van der Waals surface area contributed by atoms with Crippen molar-refractivity contribution in [2.24, 2.45) is 0 Å². The Balaban J connectivity index is 2.14.